The van der Waals surface area contributed by atoms with E-state index in [2.05, 4.69) is 5.32 Å². The number of ether oxygens (including phenoxy) is 1. The maximum atomic E-state index is 13.6. The fourth-order valence-corrected chi connectivity index (χ4v) is 4.96. The molecule has 3 aromatic carbocycles. The molecule has 168 valence electrons. The molecule has 0 saturated carbocycles. The summed E-state index contributed by atoms with van der Waals surface area (Å²) in [5, 5.41) is 2.76. The number of carbonyl (C=O) groups is 1. The lowest BCUT2D eigenvalue weighted by atomic mass is 10.1. The van der Waals surface area contributed by atoms with E-state index in [0.29, 0.717) is 11.3 Å². The second kappa shape index (κ2) is 9.40. The molecule has 0 bridgehead atoms. The van der Waals surface area contributed by atoms with Gasteiger partial charge < -0.3 is 10.1 Å². The van der Waals surface area contributed by atoms with Gasteiger partial charge in [-0.1, -0.05) is 23.8 Å². The van der Waals surface area contributed by atoms with Crippen LogP contribution in [-0.2, 0) is 14.8 Å². The maximum absolute atomic E-state index is 13.6. The van der Waals surface area contributed by atoms with Crippen LogP contribution < -0.4 is 14.4 Å². The first-order chi connectivity index (χ1) is 15.1. The van der Waals surface area contributed by atoms with Gasteiger partial charge in [-0.25, -0.2) is 12.8 Å². The molecule has 0 heterocycles. The third-order valence-electron chi connectivity index (χ3n) is 4.94. The Morgan fingerprint density at radius 2 is 1.59 bits per heavy atom. The molecule has 0 saturated heterocycles. The van der Waals surface area contributed by atoms with Crippen molar-refractivity contribution in [2.24, 2.45) is 0 Å². The molecule has 8 heteroatoms. The molecule has 6 nitrogen and oxygen atoms in total. The molecule has 1 N–H and O–H groups in total. The van der Waals surface area contributed by atoms with Crippen molar-refractivity contribution in [3.05, 3.63) is 83.2 Å². The third kappa shape index (κ3) is 5.08. The van der Waals surface area contributed by atoms with Gasteiger partial charge in [-0.2, -0.15) is 0 Å². The first kappa shape index (κ1) is 23.3. The minimum atomic E-state index is -4.21. The predicted octanol–water partition coefficient (Wildman–Crippen LogP) is 4.59. The fourth-order valence-electron chi connectivity index (χ4n) is 3.30. The van der Waals surface area contributed by atoms with Gasteiger partial charge in [0.2, 0.25) is 5.91 Å². The van der Waals surface area contributed by atoms with Gasteiger partial charge in [0, 0.05) is 5.69 Å². The molecule has 0 aliphatic heterocycles. The minimum Gasteiger partial charge on any atom is -0.495 e. The average molecular weight is 457 g/mol. The van der Waals surface area contributed by atoms with Gasteiger partial charge in [-0.15, -0.1) is 0 Å². The summed E-state index contributed by atoms with van der Waals surface area (Å²) < 4.78 is 46.9. The lowest BCUT2D eigenvalue weighted by molar-refractivity contribution is -0.114. The summed E-state index contributed by atoms with van der Waals surface area (Å²) >= 11 is 0. The highest BCUT2D eigenvalue weighted by Crippen LogP contribution is 2.31. The standard InChI is InChI=1S/C24H25FN2O4S/c1-16-5-11-21(18(3)13-16)26-24(28)15-27(20-9-7-19(25)8-10-20)32(29,30)23-14-17(2)6-12-22(23)31-4/h5-14H,15H2,1-4H3,(H,26,28). The van der Waals surface area contributed by atoms with Crippen LogP contribution in [0.3, 0.4) is 0 Å². The number of rotatable bonds is 7. The molecular formula is C24H25FN2O4S. The summed E-state index contributed by atoms with van der Waals surface area (Å²) in [6, 6.07) is 15.2. The maximum Gasteiger partial charge on any atom is 0.268 e. The Bertz CT molecular complexity index is 1240. The van der Waals surface area contributed by atoms with E-state index in [1.807, 2.05) is 26.0 Å². The van der Waals surface area contributed by atoms with E-state index in [0.717, 1.165) is 27.6 Å². The summed E-state index contributed by atoms with van der Waals surface area (Å²) in [5.74, 6) is -0.895. The normalized spacial score (nSPS) is 11.2. The Labute approximate surface area is 187 Å². The fraction of sp³-hybridized carbons (Fsp3) is 0.208. The first-order valence-corrected chi connectivity index (χ1v) is 11.4. The highest BCUT2D eigenvalue weighted by molar-refractivity contribution is 7.93. The molecular weight excluding hydrogens is 431 g/mol. The van der Waals surface area contributed by atoms with Crippen LogP contribution in [0.15, 0.2) is 65.6 Å². The average Bonchev–Trinajstić information content (AvgIpc) is 2.74. The highest BCUT2D eigenvalue weighted by atomic mass is 32.2. The zero-order valence-electron chi connectivity index (χ0n) is 18.3. The van der Waals surface area contributed by atoms with Crippen LogP contribution in [-0.4, -0.2) is 28.0 Å². The monoisotopic (exact) mass is 456 g/mol. The molecule has 0 fully saturated rings. The van der Waals surface area contributed by atoms with Crippen LogP contribution in [0.1, 0.15) is 16.7 Å². The Kier molecular flexibility index (Phi) is 6.84. The smallest absolute Gasteiger partial charge is 0.268 e. The van der Waals surface area contributed by atoms with Gasteiger partial charge in [0.25, 0.3) is 10.0 Å². The molecule has 0 atom stereocenters. The van der Waals surface area contributed by atoms with E-state index >= 15 is 0 Å². The SMILES string of the molecule is COc1ccc(C)cc1S(=O)(=O)N(CC(=O)Nc1ccc(C)cc1C)c1ccc(F)cc1. The van der Waals surface area contributed by atoms with Gasteiger partial charge in [-0.3, -0.25) is 9.10 Å². The number of nitrogens with one attached hydrogen (secondary N) is 1. The van der Waals surface area contributed by atoms with Crippen molar-refractivity contribution in [1.82, 2.24) is 0 Å². The molecule has 0 aromatic heterocycles. The highest BCUT2D eigenvalue weighted by Gasteiger charge is 2.30. The predicted molar refractivity (Wildman–Crippen MR) is 123 cm³/mol. The number of hydrogen-bond donors (Lipinski definition) is 1. The number of methoxy groups -OCH3 is 1. The van der Waals surface area contributed by atoms with E-state index in [1.165, 1.54) is 25.3 Å². The summed E-state index contributed by atoms with van der Waals surface area (Å²) in [4.78, 5) is 12.8. The Balaban J connectivity index is 2.02. The van der Waals surface area contributed by atoms with Gasteiger partial charge in [0.1, 0.15) is 23.0 Å². The van der Waals surface area contributed by atoms with Crippen LogP contribution in [0.5, 0.6) is 5.75 Å². The Morgan fingerprint density at radius 3 is 2.22 bits per heavy atom. The lowest BCUT2D eigenvalue weighted by Gasteiger charge is -2.25. The number of benzene rings is 3. The molecule has 0 spiro atoms. The lowest BCUT2D eigenvalue weighted by Crippen LogP contribution is -2.38. The summed E-state index contributed by atoms with van der Waals surface area (Å²) in [6.45, 7) is 5.05. The molecule has 0 aliphatic carbocycles. The van der Waals surface area contributed by atoms with Crippen molar-refractivity contribution in [3.8, 4) is 5.75 Å². The molecule has 3 rings (SSSR count). The topological polar surface area (TPSA) is 75.7 Å². The van der Waals surface area contributed by atoms with E-state index in [4.69, 9.17) is 4.74 Å². The zero-order chi connectivity index (χ0) is 23.5. The van der Waals surface area contributed by atoms with Crippen LogP contribution in [0.25, 0.3) is 0 Å². The molecule has 0 radical (unpaired) electrons. The number of aryl methyl sites for hydroxylation is 3. The number of nitrogens with zero attached hydrogens (tertiary/aromatic N) is 1. The van der Waals surface area contributed by atoms with Crippen molar-refractivity contribution in [2.75, 3.05) is 23.3 Å². The number of amides is 1. The van der Waals surface area contributed by atoms with E-state index in [9.17, 15) is 17.6 Å². The van der Waals surface area contributed by atoms with Crippen molar-refractivity contribution in [1.29, 1.82) is 0 Å². The van der Waals surface area contributed by atoms with Gasteiger partial charge in [0.05, 0.1) is 12.8 Å². The largest absolute Gasteiger partial charge is 0.495 e. The third-order valence-corrected chi connectivity index (χ3v) is 6.74. The molecule has 0 unspecified atom stereocenters. The molecule has 0 aliphatic rings. The van der Waals surface area contributed by atoms with Crippen LogP contribution >= 0.6 is 0 Å². The molecule has 3 aromatic rings. The van der Waals surface area contributed by atoms with E-state index in [-0.39, 0.29) is 16.3 Å². The Hall–Kier alpha value is -3.39. The number of halogens is 1. The van der Waals surface area contributed by atoms with Crippen LogP contribution in [0.2, 0.25) is 0 Å². The summed E-state index contributed by atoms with van der Waals surface area (Å²) in [5.41, 5.74) is 3.36. The van der Waals surface area contributed by atoms with Gasteiger partial charge >= 0.3 is 0 Å². The number of carbonyl (C=O) groups excluding carboxylic acids is 1. The Morgan fingerprint density at radius 1 is 0.969 bits per heavy atom. The number of hydrogen-bond acceptors (Lipinski definition) is 4. The summed E-state index contributed by atoms with van der Waals surface area (Å²) in [6.07, 6.45) is 0. The van der Waals surface area contributed by atoms with E-state index < -0.39 is 28.3 Å². The quantitative estimate of drug-likeness (QED) is 0.564. The minimum absolute atomic E-state index is 0.0800. The van der Waals surface area contributed by atoms with Gasteiger partial charge in [0.15, 0.2) is 0 Å². The van der Waals surface area contributed by atoms with E-state index in [1.54, 1.807) is 25.1 Å². The van der Waals surface area contributed by atoms with Gasteiger partial charge in [-0.05, 0) is 74.4 Å². The second-order valence-electron chi connectivity index (χ2n) is 7.51. The molecule has 32 heavy (non-hydrogen) atoms. The van der Waals surface area contributed by atoms with Crippen LogP contribution in [0, 0.1) is 26.6 Å². The number of sulfonamides is 1. The van der Waals surface area contributed by atoms with Crippen molar-refractivity contribution >= 4 is 27.3 Å². The molecule has 1 amide bonds. The zero-order valence-corrected chi connectivity index (χ0v) is 19.2. The van der Waals surface area contributed by atoms with Crippen molar-refractivity contribution < 1.29 is 22.3 Å². The first-order valence-electron chi connectivity index (χ1n) is 9.92. The van der Waals surface area contributed by atoms with Crippen molar-refractivity contribution in [2.45, 2.75) is 25.7 Å². The summed E-state index contributed by atoms with van der Waals surface area (Å²) in [7, 11) is -2.84. The second-order valence-corrected chi connectivity index (χ2v) is 9.34. The number of anilines is 2. The van der Waals surface area contributed by atoms with Crippen molar-refractivity contribution in [3.63, 3.8) is 0 Å². The van der Waals surface area contributed by atoms with Crippen LogP contribution in [0.4, 0.5) is 15.8 Å².